The fourth-order valence-corrected chi connectivity index (χ4v) is 3.26. The van der Waals surface area contributed by atoms with Crippen molar-refractivity contribution in [2.75, 3.05) is 5.73 Å². The minimum atomic E-state index is -4.23. The number of nitrogen functional groups attached to an aromatic ring is 1. The number of nitrogens with two attached hydrogens (primary N) is 1. The van der Waals surface area contributed by atoms with E-state index in [1.807, 2.05) is 33.8 Å². The van der Waals surface area contributed by atoms with E-state index in [0.717, 1.165) is 35.7 Å². The molecule has 0 unspecified atom stereocenters. The molecule has 2 rings (SSSR count). The monoisotopic (exact) mass is 477 g/mol. The minimum absolute atomic E-state index is 0.271. The second kappa shape index (κ2) is 17.0. The molecular formula is C30H46F3N. The van der Waals surface area contributed by atoms with Crippen LogP contribution in [-0.4, -0.2) is 0 Å². The smallest absolute Gasteiger partial charge is 0.398 e. The predicted octanol–water partition coefficient (Wildman–Crippen LogP) is 10.2. The number of benzene rings is 2. The lowest BCUT2D eigenvalue weighted by Gasteiger charge is -2.18. The standard InChI is InChI=1S/C17H25N.C9H9F3.2C2H6/c1-6-12(4)15(8-3)13(5)16-11-14(7-2)9-10-17(16)18;1-6-3-4-7(2)8(5-6)9(10,11)12;2*1-2/h8-12H,5-7,18H2,1-4H3;3-5H,1-2H3;2*1-2H3/b15-8+;;;/t12-;;;/m1.../s1. The second-order valence-corrected chi connectivity index (χ2v) is 7.62. The minimum Gasteiger partial charge on any atom is -0.398 e. The number of aryl methyl sites for hydroxylation is 3. The Kier molecular flexibility index (Phi) is 16.9. The van der Waals surface area contributed by atoms with Crippen molar-refractivity contribution in [1.29, 1.82) is 0 Å². The van der Waals surface area contributed by atoms with Gasteiger partial charge >= 0.3 is 6.18 Å². The average Bonchev–Trinajstić information content (AvgIpc) is 2.83. The molecule has 2 aromatic rings. The molecule has 0 amide bonds. The molecule has 0 radical (unpaired) electrons. The normalized spacial score (nSPS) is 11.6. The molecule has 0 fully saturated rings. The summed E-state index contributed by atoms with van der Waals surface area (Å²) in [6.07, 6.45) is 0.0752. The number of halogens is 3. The van der Waals surface area contributed by atoms with E-state index in [0.29, 0.717) is 11.5 Å². The zero-order valence-electron chi connectivity index (χ0n) is 23.0. The summed E-state index contributed by atoms with van der Waals surface area (Å²) >= 11 is 0. The van der Waals surface area contributed by atoms with Gasteiger partial charge in [0.25, 0.3) is 0 Å². The van der Waals surface area contributed by atoms with Gasteiger partial charge in [-0.15, -0.1) is 0 Å². The molecule has 0 bridgehead atoms. The molecule has 0 saturated heterocycles. The molecule has 1 atom stereocenters. The van der Waals surface area contributed by atoms with Crippen LogP contribution in [0.3, 0.4) is 0 Å². The molecule has 2 aromatic carbocycles. The van der Waals surface area contributed by atoms with Gasteiger partial charge in [-0.25, -0.2) is 0 Å². The maximum Gasteiger partial charge on any atom is 0.416 e. The molecule has 0 spiro atoms. The van der Waals surface area contributed by atoms with Crippen LogP contribution >= 0.6 is 0 Å². The summed E-state index contributed by atoms with van der Waals surface area (Å²) in [6, 6.07) is 10.6. The zero-order chi connectivity index (χ0) is 27.1. The van der Waals surface area contributed by atoms with Crippen molar-refractivity contribution in [1.82, 2.24) is 0 Å². The molecule has 0 aliphatic heterocycles. The fraction of sp³-hybridized carbons (Fsp3) is 0.467. The molecule has 4 heteroatoms. The lowest BCUT2D eigenvalue weighted by Crippen LogP contribution is -2.07. The van der Waals surface area contributed by atoms with E-state index in [9.17, 15) is 13.2 Å². The molecule has 1 nitrogen and oxygen atoms in total. The van der Waals surface area contributed by atoms with Gasteiger partial charge in [0.15, 0.2) is 0 Å². The number of hydrogen-bond acceptors (Lipinski definition) is 1. The first-order chi connectivity index (χ1) is 16.0. The lowest BCUT2D eigenvalue weighted by molar-refractivity contribution is -0.138. The Hall–Kier alpha value is -2.49. The fourth-order valence-electron chi connectivity index (χ4n) is 3.26. The molecule has 0 aliphatic rings. The summed E-state index contributed by atoms with van der Waals surface area (Å²) in [5.74, 6) is 0.521. The van der Waals surface area contributed by atoms with Gasteiger partial charge < -0.3 is 5.73 Å². The first-order valence-electron chi connectivity index (χ1n) is 12.3. The highest BCUT2D eigenvalue weighted by Gasteiger charge is 2.32. The Labute approximate surface area is 207 Å². The molecule has 34 heavy (non-hydrogen) atoms. The van der Waals surface area contributed by atoms with Gasteiger partial charge in [0.1, 0.15) is 0 Å². The number of hydrogen-bond donors (Lipinski definition) is 1. The highest BCUT2D eigenvalue weighted by atomic mass is 19.4. The largest absolute Gasteiger partial charge is 0.416 e. The summed E-state index contributed by atoms with van der Waals surface area (Å²) in [4.78, 5) is 0. The number of allylic oxidation sites excluding steroid dienone is 3. The molecule has 0 aromatic heterocycles. The maximum absolute atomic E-state index is 12.2. The van der Waals surface area contributed by atoms with Crippen LogP contribution in [-0.2, 0) is 12.6 Å². The van der Waals surface area contributed by atoms with E-state index >= 15 is 0 Å². The van der Waals surface area contributed by atoms with E-state index in [-0.39, 0.29) is 5.56 Å². The Morgan fingerprint density at radius 1 is 1.00 bits per heavy atom. The van der Waals surface area contributed by atoms with Crippen LogP contribution in [0.4, 0.5) is 18.9 Å². The Morgan fingerprint density at radius 2 is 1.56 bits per heavy atom. The van der Waals surface area contributed by atoms with E-state index in [1.54, 1.807) is 13.0 Å². The Bertz CT molecular complexity index is 892. The summed E-state index contributed by atoms with van der Waals surface area (Å²) < 4.78 is 36.7. The third kappa shape index (κ3) is 10.6. The van der Waals surface area contributed by atoms with Gasteiger partial charge in [-0.3, -0.25) is 0 Å². The summed E-state index contributed by atoms with van der Waals surface area (Å²) in [5, 5.41) is 0. The highest BCUT2D eigenvalue weighted by molar-refractivity contribution is 5.84. The highest BCUT2D eigenvalue weighted by Crippen LogP contribution is 2.33. The molecule has 0 aliphatic carbocycles. The third-order valence-electron chi connectivity index (χ3n) is 5.35. The molecule has 2 N–H and O–H groups in total. The van der Waals surface area contributed by atoms with Crippen molar-refractivity contribution < 1.29 is 13.2 Å². The number of alkyl halides is 3. The topological polar surface area (TPSA) is 26.0 Å². The van der Waals surface area contributed by atoms with Crippen molar-refractivity contribution in [2.24, 2.45) is 5.92 Å². The van der Waals surface area contributed by atoms with Crippen molar-refractivity contribution in [3.63, 3.8) is 0 Å². The van der Waals surface area contributed by atoms with Crippen LogP contribution in [0.15, 0.2) is 54.6 Å². The van der Waals surface area contributed by atoms with Gasteiger partial charge in [-0.1, -0.05) is 84.9 Å². The van der Waals surface area contributed by atoms with E-state index in [2.05, 4.69) is 52.5 Å². The predicted molar refractivity (Wildman–Crippen MR) is 146 cm³/mol. The van der Waals surface area contributed by atoms with Gasteiger partial charge in [0.05, 0.1) is 5.56 Å². The van der Waals surface area contributed by atoms with Crippen LogP contribution < -0.4 is 5.73 Å². The van der Waals surface area contributed by atoms with Gasteiger partial charge in [0, 0.05) is 11.3 Å². The van der Waals surface area contributed by atoms with E-state index in [1.165, 1.54) is 24.1 Å². The van der Waals surface area contributed by atoms with Crippen molar-refractivity contribution >= 4 is 11.3 Å². The number of anilines is 1. The Balaban J connectivity index is 0. The van der Waals surface area contributed by atoms with Gasteiger partial charge in [0.2, 0.25) is 0 Å². The van der Waals surface area contributed by atoms with Gasteiger partial charge in [-0.2, -0.15) is 13.2 Å². The summed E-state index contributed by atoms with van der Waals surface area (Å²) in [5.41, 5.74) is 12.0. The summed E-state index contributed by atoms with van der Waals surface area (Å²) in [6.45, 7) is 24.0. The SMILES string of the molecule is C=C(/C(=C/C)[C@H](C)CC)c1cc(CC)ccc1N.CC.CC.Cc1ccc(C)c(C(F)(F)F)c1. The lowest BCUT2D eigenvalue weighted by atomic mass is 9.87. The first kappa shape index (κ1) is 33.7. The van der Waals surface area contributed by atoms with Crippen molar-refractivity contribution in [3.05, 3.63) is 82.4 Å². The van der Waals surface area contributed by atoms with E-state index in [4.69, 9.17) is 5.73 Å². The maximum atomic E-state index is 12.2. The molecular weight excluding hydrogens is 431 g/mol. The van der Waals surface area contributed by atoms with Crippen LogP contribution in [0, 0.1) is 19.8 Å². The number of rotatable bonds is 5. The average molecular weight is 478 g/mol. The molecule has 0 heterocycles. The Morgan fingerprint density at radius 3 is 1.97 bits per heavy atom. The molecule has 192 valence electrons. The third-order valence-corrected chi connectivity index (χ3v) is 5.35. The quantitative estimate of drug-likeness (QED) is 0.336. The zero-order valence-corrected chi connectivity index (χ0v) is 23.0. The van der Waals surface area contributed by atoms with E-state index < -0.39 is 11.7 Å². The second-order valence-electron chi connectivity index (χ2n) is 7.62. The van der Waals surface area contributed by atoms with Crippen molar-refractivity contribution in [2.45, 2.75) is 88.3 Å². The van der Waals surface area contributed by atoms with Crippen LogP contribution in [0.2, 0.25) is 0 Å². The van der Waals surface area contributed by atoms with Crippen LogP contribution in [0.1, 0.15) is 89.6 Å². The first-order valence-corrected chi connectivity index (χ1v) is 12.3. The van der Waals surface area contributed by atoms with Gasteiger partial charge in [-0.05, 0) is 80.0 Å². The molecule has 0 saturated carbocycles. The summed E-state index contributed by atoms with van der Waals surface area (Å²) in [7, 11) is 0. The van der Waals surface area contributed by atoms with Crippen LogP contribution in [0.5, 0.6) is 0 Å². The van der Waals surface area contributed by atoms with Crippen LogP contribution in [0.25, 0.3) is 5.57 Å². The van der Waals surface area contributed by atoms with Crippen molar-refractivity contribution in [3.8, 4) is 0 Å².